The molecule has 0 saturated carbocycles. The number of nitrogens with zero attached hydrogens (tertiary/aromatic N) is 1. The van der Waals surface area contributed by atoms with Crippen molar-refractivity contribution in [3.63, 3.8) is 0 Å². The number of aryl methyl sites for hydroxylation is 3. The lowest BCUT2D eigenvalue weighted by Gasteiger charge is -2.13. The largest absolute Gasteiger partial charge is 0.466 e. The van der Waals surface area contributed by atoms with E-state index in [0.29, 0.717) is 12.1 Å². The summed E-state index contributed by atoms with van der Waals surface area (Å²) >= 11 is 0. The summed E-state index contributed by atoms with van der Waals surface area (Å²) in [5, 5.41) is 14.3. The molecule has 1 N–H and O–H groups in total. The Morgan fingerprint density at radius 2 is 2.00 bits per heavy atom. The summed E-state index contributed by atoms with van der Waals surface area (Å²) < 4.78 is 5.52. The Balaban J connectivity index is 2.08. The summed E-state index contributed by atoms with van der Waals surface area (Å²) in [5.74, 6) is 1.80. The summed E-state index contributed by atoms with van der Waals surface area (Å²) in [6.45, 7) is 8.24. The van der Waals surface area contributed by atoms with Gasteiger partial charge in [0.15, 0.2) is 0 Å². The van der Waals surface area contributed by atoms with Crippen LogP contribution in [-0.4, -0.2) is 4.92 Å². The van der Waals surface area contributed by atoms with Crippen LogP contribution in [0.15, 0.2) is 28.7 Å². The molecule has 21 heavy (non-hydrogen) atoms. The quantitative estimate of drug-likeness (QED) is 0.667. The highest BCUT2D eigenvalue weighted by atomic mass is 16.6. The molecule has 1 unspecified atom stereocenters. The Morgan fingerprint density at radius 3 is 2.57 bits per heavy atom. The Morgan fingerprint density at radius 1 is 1.29 bits per heavy atom. The summed E-state index contributed by atoms with van der Waals surface area (Å²) in [6.07, 6.45) is 0. The number of nitro groups is 1. The van der Waals surface area contributed by atoms with Gasteiger partial charge in [-0.3, -0.25) is 10.1 Å². The molecule has 1 aromatic heterocycles. The van der Waals surface area contributed by atoms with Gasteiger partial charge in [-0.25, -0.2) is 0 Å². The monoisotopic (exact) mass is 288 g/mol. The molecule has 0 aliphatic heterocycles. The van der Waals surface area contributed by atoms with Gasteiger partial charge in [-0.1, -0.05) is 12.1 Å². The van der Waals surface area contributed by atoms with E-state index < -0.39 is 0 Å². The van der Waals surface area contributed by atoms with Crippen LogP contribution in [0.2, 0.25) is 0 Å². The number of rotatable bonds is 5. The van der Waals surface area contributed by atoms with Crippen LogP contribution in [0.1, 0.15) is 41.2 Å². The van der Waals surface area contributed by atoms with Gasteiger partial charge in [-0.2, -0.15) is 0 Å². The molecule has 1 aromatic carbocycles. The highest BCUT2D eigenvalue weighted by Gasteiger charge is 2.14. The van der Waals surface area contributed by atoms with Gasteiger partial charge < -0.3 is 9.73 Å². The first-order valence-electron chi connectivity index (χ1n) is 6.92. The fourth-order valence-corrected chi connectivity index (χ4v) is 2.42. The van der Waals surface area contributed by atoms with Crippen molar-refractivity contribution in [2.45, 2.75) is 40.3 Å². The van der Waals surface area contributed by atoms with E-state index in [0.717, 1.165) is 22.6 Å². The maximum Gasteiger partial charge on any atom is 0.272 e. The molecule has 0 radical (unpaired) electrons. The highest BCUT2D eigenvalue weighted by molar-refractivity contribution is 5.42. The smallest absolute Gasteiger partial charge is 0.272 e. The molecule has 1 heterocycles. The Bertz CT molecular complexity index is 662. The van der Waals surface area contributed by atoms with Crippen LogP contribution < -0.4 is 5.32 Å². The molecule has 0 fully saturated rings. The average molecular weight is 288 g/mol. The van der Waals surface area contributed by atoms with Crippen LogP contribution in [0.5, 0.6) is 0 Å². The first-order chi connectivity index (χ1) is 9.88. The van der Waals surface area contributed by atoms with Gasteiger partial charge in [0.05, 0.1) is 4.92 Å². The summed E-state index contributed by atoms with van der Waals surface area (Å²) in [6, 6.07) is 7.47. The number of hydrogen-bond acceptors (Lipinski definition) is 4. The molecular weight excluding hydrogens is 268 g/mol. The molecule has 0 saturated heterocycles. The van der Waals surface area contributed by atoms with Gasteiger partial charge in [-0.05, 0) is 39.3 Å². The van der Waals surface area contributed by atoms with Crippen molar-refractivity contribution in [3.8, 4) is 0 Å². The SMILES string of the molecule is Cc1cc(C(C)NCc2ccc(C)c([N+](=O)[O-])c2)c(C)o1. The van der Waals surface area contributed by atoms with Gasteiger partial charge in [-0.15, -0.1) is 0 Å². The summed E-state index contributed by atoms with van der Waals surface area (Å²) in [7, 11) is 0. The van der Waals surface area contributed by atoms with E-state index in [1.54, 1.807) is 19.1 Å². The van der Waals surface area contributed by atoms with Crippen molar-refractivity contribution in [2.24, 2.45) is 0 Å². The molecule has 0 amide bonds. The molecule has 0 aliphatic rings. The molecule has 2 rings (SSSR count). The predicted octanol–water partition coefficient (Wildman–Crippen LogP) is 3.96. The normalized spacial score (nSPS) is 12.4. The van der Waals surface area contributed by atoms with Crippen molar-refractivity contribution in [3.05, 3.63) is 62.6 Å². The van der Waals surface area contributed by atoms with E-state index in [1.165, 1.54) is 0 Å². The lowest BCUT2D eigenvalue weighted by molar-refractivity contribution is -0.385. The second-order valence-corrected chi connectivity index (χ2v) is 5.35. The molecule has 5 nitrogen and oxygen atoms in total. The molecule has 0 spiro atoms. The molecule has 0 bridgehead atoms. The molecule has 2 aromatic rings. The van der Waals surface area contributed by atoms with Gasteiger partial charge in [0, 0.05) is 29.8 Å². The topological polar surface area (TPSA) is 68.3 Å². The van der Waals surface area contributed by atoms with E-state index in [9.17, 15) is 10.1 Å². The number of nitrogens with one attached hydrogen (secondary N) is 1. The number of hydrogen-bond donors (Lipinski definition) is 1. The van der Waals surface area contributed by atoms with Crippen molar-refractivity contribution in [1.29, 1.82) is 0 Å². The Hall–Kier alpha value is -2.14. The van der Waals surface area contributed by atoms with E-state index in [-0.39, 0.29) is 16.7 Å². The van der Waals surface area contributed by atoms with Crippen molar-refractivity contribution >= 4 is 5.69 Å². The fraction of sp³-hybridized carbons (Fsp3) is 0.375. The number of nitro benzene ring substituents is 1. The van der Waals surface area contributed by atoms with Gasteiger partial charge in [0.2, 0.25) is 0 Å². The number of furan rings is 1. The predicted molar refractivity (Wildman–Crippen MR) is 81.3 cm³/mol. The summed E-state index contributed by atoms with van der Waals surface area (Å²) in [4.78, 5) is 10.6. The maximum atomic E-state index is 11.0. The zero-order valence-electron chi connectivity index (χ0n) is 12.8. The first-order valence-corrected chi connectivity index (χ1v) is 6.92. The van der Waals surface area contributed by atoms with Crippen molar-refractivity contribution in [2.75, 3.05) is 0 Å². The highest BCUT2D eigenvalue weighted by Crippen LogP contribution is 2.23. The van der Waals surface area contributed by atoms with Crippen LogP contribution in [0.4, 0.5) is 5.69 Å². The zero-order valence-corrected chi connectivity index (χ0v) is 12.8. The molecule has 5 heteroatoms. The van der Waals surface area contributed by atoms with Gasteiger partial charge in [0.25, 0.3) is 5.69 Å². The van der Waals surface area contributed by atoms with Gasteiger partial charge in [0.1, 0.15) is 11.5 Å². The van der Waals surface area contributed by atoms with Crippen molar-refractivity contribution < 1.29 is 9.34 Å². The maximum absolute atomic E-state index is 11.0. The van der Waals surface area contributed by atoms with Crippen LogP contribution in [0.3, 0.4) is 0 Å². The van der Waals surface area contributed by atoms with Crippen molar-refractivity contribution in [1.82, 2.24) is 5.32 Å². The van der Waals surface area contributed by atoms with Crippen LogP contribution in [0.25, 0.3) is 0 Å². The van der Waals surface area contributed by atoms with Gasteiger partial charge >= 0.3 is 0 Å². The molecular formula is C16H20N2O3. The minimum absolute atomic E-state index is 0.128. The lowest BCUT2D eigenvalue weighted by Crippen LogP contribution is -2.18. The van der Waals surface area contributed by atoms with E-state index in [1.807, 2.05) is 26.0 Å². The minimum Gasteiger partial charge on any atom is -0.466 e. The van der Waals surface area contributed by atoms with E-state index in [2.05, 4.69) is 12.2 Å². The summed E-state index contributed by atoms with van der Waals surface area (Å²) in [5.41, 5.74) is 2.86. The van der Waals surface area contributed by atoms with Crippen LogP contribution >= 0.6 is 0 Å². The van der Waals surface area contributed by atoms with Crippen LogP contribution in [-0.2, 0) is 6.54 Å². The minimum atomic E-state index is -0.341. The third-order valence-electron chi connectivity index (χ3n) is 3.63. The standard InChI is InChI=1S/C16H20N2O3/c1-10-5-6-14(8-16(10)18(19)20)9-17-12(3)15-7-11(2)21-13(15)4/h5-8,12,17H,9H2,1-4H3. The van der Waals surface area contributed by atoms with Crippen LogP contribution in [0, 0.1) is 30.9 Å². The van der Waals surface area contributed by atoms with E-state index in [4.69, 9.17) is 4.42 Å². The fourth-order valence-electron chi connectivity index (χ4n) is 2.42. The third-order valence-corrected chi connectivity index (χ3v) is 3.63. The second kappa shape index (κ2) is 6.10. The average Bonchev–Trinajstić information content (AvgIpc) is 2.76. The molecule has 0 aliphatic carbocycles. The third kappa shape index (κ3) is 3.49. The zero-order chi connectivity index (χ0) is 15.6. The number of benzene rings is 1. The first kappa shape index (κ1) is 15.3. The van der Waals surface area contributed by atoms with E-state index >= 15 is 0 Å². The molecule has 1 atom stereocenters. The Kier molecular flexibility index (Phi) is 4.43. The molecule has 112 valence electrons. The lowest BCUT2D eigenvalue weighted by atomic mass is 10.1. The Labute approximate surface area is 124 Å². The second-order valence-electron chi connectivity index (χ2n) is 5.35.